The van der Waals surface area contributed by atoms with Gasteiger partial charge in [-0.2, -0.15) is 0 Å². The molecule has 19 heavy (non-hydrogen) atoms. The first kappa shape index (κ1) is 12.5. The Bertz CT molecular complexity index is 567. The van der Waals surface area contributed by atoms with Gasteiger partial charge in [-0.25, -0.2) is 0 Å². The number of benzene rings is 1. The van der Waals surface area contributed by atoms with E-state index >= 15 is 0 Å². The Balaban J connectivity index is 1.91. The molecule has 3 rings (SSSR count). The molecule has 2 N–H and O–H groups in total. The third kappa shape index (κ3) is 2.61. The molecule has 1 aromatic carbocycles. The topological polar surface area (TPSA) is 37.0 Å². The molecule has 0 radical (unpaired) electrons. The molecule has 2 aromatic rings. The zero-order valence-corrected chi connectivity index (χ0v) is 11.8. The molecule has 1 aliphatic heterocycles. The third-order valence-corrected chi connectivity index (χ3v) is 4.12. The van der Waals surface area contributed by atoms with E-state index in [0.29, 0.717) is 0 Å². The minimum absolute atomic E-state index is 0.781. The van der Waals surface area contributed by atoms with E-state index in [4.69, 9.17) is 4.74 Å². The molecule has 102 valence electrons. The highest BCUT2D eigenvalue weighted by atomic mass is 16.5. The van der Waals surface area contributed by atoms with Gasteiger partial charge >= 0.3 is 0 Å². The van der Waals surface area contributed by atoms with Crippen molar-refractivity contribution in [1.82, 2.24) is 10.3 Å². The predicted octanol–water partition coefficient (Wildman–Crippen LogP) is 3.03. The Morgan fingerprint density at radius 2 is 2.00 bits per heavy atom. The van der Waals surface area contributed by atoms with Gasteiger partial charge in [0.2, 0.25) is 0 Å². The van der Waals surface area contributed by atoms with Crippen LogP contribution in [0.1, 0.15) is 24.1 Å². The number of hydrogen-bond donors (Lipinski definition) is 2. The van der Waals surface area contributed by atoms with Gasteiger partial charge in [-0.3, -0.25) is 0 Å². The van der Waals surface area contributed by atoms with Crippen molar-refractivity contribution in [3.05, 3.63) is 29.5 Å². The average Bonchev–Trinajstić information content (AvgIpc) is 2.78. The zero-order valence-electron chi connectivity index (χ0n) is 11.8. The second kappa shape index (κ2) is 5.25. The molecule has 0 unspecified atom stereocenters. The van der Waals surface area contributed by atoms with Crippen LogP contribution in [-0.2, 0) is 6.42 Å². The van der Waals surface area contributed by atoms with E-state index in [-0.39, 0.29) is 0 Å². The zero-order chi connectivity index (χ0) is 13.2. The van der Waals surface area contributed by atoms with Crippen LogP contribution < -0.4 is 10.1 Å². The van der Waals surface area contributed by atoms with Crippen LogP contribution in [0.2, 0.25) is 0 Å². The normalized spacial score (nSPS) is 16.9. The summed E-state index contributed by atoms with van der Waals surface area (Å²) in [5, 5.41) is 4.66. The van der Waals surface area contributed by atoms with Crippen LogP contribution in [0.15, 0.2) is 18.2 Å². The first-order valence-corrected chi connectivity index (χ1v) is 7.13. The van der Waals surface area contributed by atoms with E-state index in [2.05, 4.69) is 35.4 Å². The molecule has 1 fully saturated rings. The first-order valence-electron chi connectivity index (χ1n) is 7.13. The van der Waals surface area contributed by atoms with Gasteiger partial charge in [-0.1, -0.05) is 0 Å². The molecule has 1 aliphatic rings. The molecule has 0 bridgehead atoms. The molecule has 3 heteroatoms. The Labute approximate surface area is 114 Å². The molecule has 1 saturated heterocycles. The van der Waals surface area contributed by atoms with Crippen molar-refractivity contribution < 1.29 is 4.74 Å². The molecule has 0 spiro atoms. The van der Waals surface area contributed by atoms with Crippen LogP contribution in [0.5, 0.6) is 5.75 Å². The third-order valence-electron chi connectivity index (χ3n) is 4.12. The van der Waals surface area contributed by atoms with Crippen molar-refractivity contribution in [2.45, 2.75) is 26.2 Å². The molecule has 0 aliphatic carbocycles. The highest BCUT2D eigenvalue weighted by Gasteiger charge is 2.16. The van der Waals surface area contributed by atoms with Gasteiger partial charge in [0.25, 0.3) is 0 Å². The number of aromatic amines is 1. The molecule has 0 saturated carbocycles. The second-order valence-electron chi connectivity index (χ2n) is 5.60. The van der Waals surface area contributed by atoms with Gasteiger partial charge in [0.05, 0.1) is 7.11 Å². The summed E-state index contributed by atoms with van der Waals surface area (Å²) in [4.78, 5) is 3.42. The van der Waals surface area contributed by atoms with Crippen molar-refractivity contribution in [3.8, 4) is 5.75 Å². The van der Waals surface area contributed by atoms with E-state index in [1.54, 1.807) is 7.11 Å². The molecular formula is C16H22N2O. The Morgan fingerprint density at radius 3 is 2.74 bits per heavy atom. The summed E-state index contributed by atoms with van der Waals surface area (Å²) in [6.07, 6.45) is 3.66. The van der Waals surface area contributed by atoms with Gasteiger partial charge < -0.3 is 15.0 Å². The van der Waals surface area contributed by atoms with Crippen LogP contribution in [-0.4, -0.2) is 25.2 Å². The average molecular weight is 258 g/mol. The highest BCUT2D eigenvalue weighted by Crippen LogP contribution is 2.30. The van der Waals surface area contributed by atoms with Gasteiger partial charge in [-0.05, 0) is 69.0 Å². The summed E-state index contributed by atoms with van der Waals surface area (Å²) in [5.74, 6) is 1.81. The lowest BCUT2D eigenvalue weighted by Crippen LogP contribution is -2.28. The van der Waals surface area contributed by atoms with E-state index in [9.17, 15) is 0 Å². The summed E-state index contributed by atoms with van der Waals surface area (Å²) >= 11 is 0. The number of ether oxygens (including phenoxy) is 1. The van der Waals surface area contributed by atoms with Crippen molar-refractivity contribution in [2.75, 3.05) is 20.2 Å². The van der Waals surface area contributed by atoms with Gasteiger partial charge in [0.1, 0.15) is 5.75 Å². The number of fused-ring (bicyclic) bond motifs is 1. The number of rotatable bonds is 3. The van der Waals surface area contributed by atoms with E-state index in [1.165, 1.54) is 35.0 Å². The lowest BCUT2D eigenvalue weighted by Gasteiger charge is -2.23. The number of piperidine rings is 1. The van der Waals surface area contributed by atoms with E-state index in [0.717, 1.165) is 31.2 Å². The number of aromatic nitrogens is 1. The van der Waals surface area contributed by atoms with Crippen LogP contribution >= 0.6 is 0 Å². The van der Waals surface area contributed by atoms with Crippen LogP contribution in [0, 0.1) is 12.8 Å². The van der Waals surface area contributed by atoms with Crippen LogP contribution in [0.3, 0.4) is 0 Å². The number of hydrogen-bond acceptors (Lipinski definition) is 2. The number of H-pyrrole nitrogens is 1. The molecule has 1 aromatic heterocycles. The minimum Gasteiger partial charge on any atom is -0.496 e. The van der Waals surface area contributed by atoms with Crippen LogP contribution in [0.4, 0.5) is 0 Å². The summed E-state index contributed by atoms with van der Waals surface area (Å²) in [7, 11) is 1.77. The lowest BCUT2D eigenvalue weighted by atomic mass is 9.90. The monoisotopic (exact) mass is 258 g/mol. The summed E-state index contributed by atoms with van der Waals surface area (Å²) < 4.78 is 5.57. The van der Waals surface area contributed by atoms with Gasteiger partial charge in [0, 0.05) is 16.6 Å². The largest absolute Gasteiger partial charge is 0.496 e. The number of nitrogens with one attached hydrogen (secondary N) is 2. The Hall–Kier alpha value is -1.48. The minimum atomic E-state index is 0.781. The lowest BCUT2D eigenvalue weighted by molar-refractivity contribution is 0.361. The Morgan fingerprint density at radius 1 is 1.21 bits per heavy atom. The number of aryl methyl sites for hydroxylation is 1. The fourth-order valence-electron chi connectivity index (χ4n) is 3.10. The SMILES string of the molecule is COc1cc2cc(C)[nH]c2cc1CC1CCNCC1. The fourth-order valence-corrected chi connectivity index (χ4v) is 3.10. The van der Waals surface area contributed by atoms with Crippen molar-refractivity contribution in [2.24, 2.45) is 5.92 Å². The first-order chi connectivity index (χ1) is 9.26. The quantitative estimate of drug-likeness (QED) is 0.888. The van der Waals surface area contributed by atoms with Crippen molar-refractivity contribution >= 4 is 10.9 Å². The van der Waals surface area contributed by atoms with Gasteiger partial charge in [-0.15, -0.1) is 0 Å². The molecular weight excluding hydrogens is 236 g/mol. The molecule has 0 amide bonds. The highest BCUT2D eigenvalue weighted by molar-refractivity contribution is 5.83. The fraction of sp³-hybridized carbons (Fsp3) is 0.500. The Kier molecular flexibility index (Phi) is 3.47. The second-order valence-corrected chi connectivity index (χ2v) is 5.60. The standard InChI is InChI=1S/C16H22N2O/c1-11-7-13-10-16(19-2)14(9-15(13)18-11)8-12-3-5-17-6-4-12/h7,9-10,12,17-18H,3-6,8H2,1-2H3. The van der Waals surface area contributed by atoms with E-state index < -0.39 is 0 Å². The van der Waals surface area contributed by atoms with Gasteiger partial charge in [0.15, 0.2) is 0 Å². The van der Waals surface area contributed by atoms with Crippen molar-refractivity contribution in [3.63, 3.8) is 0 Å². The maximum Gasteiger partial charge on any atom is 0.122 e. The van der Waals surface area contributed by atoms with Crippen molar-refractivity contribution in [1.29, 1.82) is 0 Å². The maximum atomic E-state index is 5.57. The maximum absolute atomic E-state index is 5.57. The van der Waals surface area contributed by atoms with Crippen LogP contribution in [0.25, 0.3) is 10.9 Å². The summed E-state index contributed by atoms with van der Waals surface area (Å²) in [6.45, 7) is 4.40. The van der Waals surface area contributed by atoms with E-state index in [1.807, 2.05) is 0 Å². The summed E-state index contributed by atoms with van der Waals surface area (Å²) in [5.41, 5.74) is 3.77. The summed E-state index contributed by atoms with van der Waals surface area (Å²) in [6, 6.07) is 6.60. The molecule has 2 heterocycles. The smallest absolute Gasteiger partial charge is 0.122 e. The predicted molar refractivity (Wildman–Crippen MR) is 78.9 cm³/mol. The molecule has 3 nitrogen and oxygen atoms in total. The molecule has 0 atom stereocenters. The number of methoxy groups -OCH3 is 1.